The standard InChI is InChI=1S/C11H16N2O/c12-13-7-5-9-6-8-14-11-4-2-1-3-10(9)11/h1-4,9,13H,5-8,12H2. The molecule has 14 heavy (non-hydrogen) atoms. The first-order chi connectivity index (χ1) is 6.92. The summed E-state index contributed by atoms with van der Waals surface area (Å²) in [6.45, 7) is 1.69. The van der Waals surface area contributed by atoms with E-state index < -0.39 is 0 Å². The fourth-order valence-corrected chi connectivity index (χ4v) is 1.97. The molecule has 0 saturated heterocycles. The summed E-state index contributed by atoms with van der Waals surface area (Å²) in [4.78, 5) is 0. The van der Waals surface area contributed by atoms with Crippen LogP contribution in [0.3, 0.4) is 0 Å². The molecule has 0 aromatic heterocycles. The summed E-state index contributed by atoms with van der Waals surface area (Å²) in [7, 11) is 0. The van der Waals surface area contributed by atoms with Gasteiger partial charge in [-0.2, -0.15) is 0 Å². The van der Waals surface area contributed by atoms with Gasteiger partial charge in [-0.1, -0.05) is 18.2 Å². The number of benzene rings is 1. The van der Waals surface area contributed by atoms with Crippen LogP contribution in [0.1, 0.15) is 24.3 Å². The first-order valence-corrected chi connectivity index (χ1v) is 5.07. The Morgan fingerprint density at radius 3 is 3.14 bits per heavy atom. The van der Waals surface area contributed by atoms with Gasteiger partial charge in [0.15, 0.2) is 0 Å². The molecule has 0 aliphatic carbocycles. The van der Waals surface area contributed by atoms with Crippen molar-refractivity contribution in [2.75, 3.05) is 13.2 Å². The number of fused-ring (bicyclic) bond motifs is 1. The van der Waals surface area contributed by atoms with Crippen molar-refractivity contribution in [3.05, 3.63) is 29.8 Å². The fraction of sp³-hybridized carbons (Fsp3) is 0.455. The largest absolute Gasteiger partial charge is 0.493 e. The van der Waals surface area contributed by atoms with Crippen molar-refractivity contribution in [1.29, 1.82) is 0 Å². The van der Waals surface area contributed by atoms with Gasteiger partial charge in [0.25, 0.3) is 0 Å². The van der Waals surface area contributed by atoms with Gasteiger partial charge in [-0.3, -0.25) is 11.3 Å². The predicted octanol–water partition coefficient (Wildman–Crippen LogP) is 1.41. The van der Waals surface area contributed by atoms with Crippen LogP contribution in [0.4, 0.5) is 0 Å². The number of hydrazine groups is 1. The van der Waals surface area contributed by atoms with E-state index in [0.717, 1.165) is 31.7 Å². The Balaban J connectivity index is 2.14. The van der Waals surface area contributed by atoms with Crippen LogP contribution < -0.4 is 16.0 Å². The molecule has 0 bridgehead atoms. The molecule has 2 rings (SSSR count). The molecule has 1 aliphatic rings. The normalized spacial score (nSPS) is 19.9. The zero-order chi connectivity index (χ0) is 9.80. The number of ether oxygens (including phenoxy) is 1. The maximum Gasteiger partial charge on any atom is 0.122 e. The molecule has 1 aliphatic heterocycles. The van der Waals surface area contributed by atoms with Gasteiger partial charge < -0.3 is 4.74 Å². The lowest BCUT2D eigenvalue weighted by atomic mass is 9.90. The summed E-state index contributed by atoms with van der Waals surface area (Å²) >= 11 is 0. The minimum absolute atomic E-state index is 0.594. The van der Waals surface area contributed by atoms with E-state index in [0.29, 0.717) is 5.92 Å². The summed E-state index contributed by atoms with van der Waals surface area (Å²) in [6.07, 6.45) is 2.18. The van der Waals surface area contributed by atoms with Gasteiger partial charge in [-0.05, 0) is 30.4 Å². The van der Waals surface area contributed by atoms with Crippen molar-refractivity contribution in [3.63, 3.8) is 0 Å². The van der Waals surface area contributed by atoms with Gasteiger partial charge in [0.2, 0.25) is 0 Å². The molecule has 1 atom stereocenters. The van der Waals surface area contributed by atoms with Gasteiger partial charge in [0.1, 0.15) is 5.75 Å². The molecule has 0 amide bonds. The molecule has 1 aromatic carbocycles. The molecule has 0 fully saturated rings. The van der Waals surface area contributed by atoms with Crippen LogP contribution in [0.2, 0.25) is 0 Å². The van der Waals surface area contributed by atoms with Crippen molar-refractivity contribution in [3.8, 4) is 5.75 Å². The van der Waals surface area contributed by atoms with Crippen LogP contribution in [0.5, 0.6) is 5.75 Å². The molecule has 3 heteroatoms. The Labute approximate surface area is 84.2 Å². The Hall–Kier alpha value is -1.06. The topological polar surface area (TPSA) is 47.3 Å². The summed E-state index contributed by atoms with van der Waals surface area (Å²) in [6, 6.07) is 8.27. The molecule has 0 spiro atoms. The van der Waals surface area contributed by atoms with Crippen molar-refractivity contribution < 1.29 is 4.74 Å². The van der Waals surface area contributed by atoms with E-state index in [1.807, 2.05) is 12.1 Å². The summed E-state index contributed by atoms with van der Waals surface area (Å²) in [5, 5.41) is 0. The predicted molar refractivity (Wildman–Crippen MR) is 56.1 cm³/mol. The number of hydrogen-bond acceptors (Lipinski definition) is 3. The highest BCUT2D eigenvalue weighted by molar-refractivity contribution is 5.37. The van der Waals surface area contributed by atoms with E-state index >= 15 is 0 Å². The highest BCUT2D eigenvalue weighted by Crippen LogP contribution is 2.34. The lowest BCUT2D eigenvalue weighted by Crippen LogP contribution is -2.25. The maximum atomic E-state index is 5.58. The Kier molecular flexibility index (Phi) is 3.01. The second-order valence-electron chi connectivity index (χ2n) is 3.61. The highest BCUT2D eigenvalue weighted by Gasteiger charge is 2.19. The van der Waals surface area contributed by atoms with Crippen molar-refractivity contribution in [1.82, 2.24) is 5.43 Å². The van der Waals surface area contributed by atoms with Crippen LogP contribution in [0.15, 0.2) is 24.3 Å². The van der Waals surface area contributed by atoms with Crippen LogP contribution in [0.25, 0.3) is 0 Å². The van der Waals surface area contributed by atoms with Gasteiger partial charge in [0.05, 0.1) is 6.61 Å². The van der Waals surface area contributed by atoms with Crippen molar-refractivity contribution in [2.45, 2.75) is 18.8 Å². The van der Waals surface area contributed by atoms with E-state index in [2.05, 4.69) is 17.6 Å². The van der Waals surface area contributed by atoms with E-state index in [1.165, 1.54) is 5.56 Å². The molecule has 3 nitrogen and oxygen atoms in total. The molecular formula is C11H16N2O. The zero-order valence-electron chi connectivity index (χ0n) is 8.20. The molecule has 0 radical (unpaired) electrons. The van der Waals surface area contributed by atoms with Crippen LogP contribution in [-0.2, 0) is 0 Å². The minimum atomic E-state index is 0.594. The molecular weight excluding hydrogens is 176 g/mol. The maximum absolute atomic E-state index is 5.58. The quantitative estimate of drug-likeness (QED) is 0.562. The number of rotatable bonds is 3. The fourth-order valence-electron chi connectivity index (χ4n) is 1.97. The van der Waals surface area contributed by atoms with Gasteiger partial charge >= 0.3 is 0 Å². The zero-order valence-corrected chi connectivity index (χ0v) is 8.20. The number of nitrogens with one attached hydrogen (secondary N) is 1. The summed E-state index contributed by atoms with van der Waals surface area (Å²) < 4.78 is 5.58. The van der Waals surface area contributed by atoms with Crippen LogP contribution in [0, 0.1) is 0 Å². The SMILES string of the molecule is NNCCC1CCOc2ccccc21. The minimum Gasteiger partial charge on any atom is -0.493 e. The average Bonchev–Trinajstić information content (AvgIpc) is 2.26. The third-order valence-corrected chi connectivity index (χ3v) is 2.72. The smallest absolute Gasteiger partial charge is 0.122 e. The Morgan fingerprint density at radius 1 is 1.43 bits per heavy atom. The van der Waals surface area contributed by atoms with E-state index in [1.54, 1.807) is 0 Å². The third kappa shape index (κ3) is 1.89. The second kappa shape index (κ2) is 4.44. The number of nitrogens with two attached hydrogens (primary N) is 1. The third-order valence-electron chi connectivity index (χ3n) is 2.72. The molecule has 0 saturated carbocycles. The molecule has 76 valence electrons. The monoisotopic (exact) mass is 192 g/mol. The van der Waals surface area contributed by atoms with Gasteiger partial charge in [0, 0.05) is 6.54 Å². The average molecular weight is 192 g/mol. The molecule has 1 aromatic rings. The first-order valence-electron chi connectivity index (χ1n) is 5.07. The number of hydrogen-bond donors (Lipinski definition) is 2. The Bertz CT molecular complexity index is 301. The second-order valence-corrected chi connectivity index (χ2v) is 3.61. The van der Waals surface area contributed by atoms with E-state index in [-0.39, 0.29) is 0 Å². The first kappa shape index (κ1) is 9.49. The van der Waals surface area contributed by atoms with Crippen molar-refractivity contribution in [2.24, 2.45) is 5.84 Å². The highest BCUT2D eigenvalue weighted by atomic mass is 16.5. The van der Waals surface area contributed by atoms with Crippen LogP contribution in [-0.4, -0.2) is 13.2 Å². The van der Waals surface area contributed by atoms with E-state index in [4.69, 9.17) is 10.6 Å². The lowest BCUT2D eigenvalue weighted by Gasteiger charge is -2.25. The summed E-state index contributed by atoms with van der Waals surface area (Å²) in [5.41, 5.74) is 4.03. The summed E-state index contributed by atoms with van der Waals surface area (Å²) in [5.74, 6) is 6.92. The van der Waals surface area contributed by atoms with Gasteiger partial charge in [-0.25, -0.2) is 0 Å². The number of para-hydroxylation sites is 1. The molecule has 1 heterocycles. The van der Waals surface area contributed by atoms with Crippen LogP contribution >= 0.6 is 0 Å². The molecule has 1 unspecified atom stereocenters. The van der Waals surface area contributed by atoms with Gasteiger partial charge in [-0.15, -0.1) is 0 Å². The van der Waals surface area contributed by atoms with Crippen molar-refractivity contribution >= 4 is 0 Å². The Morgan fingerprint density at radius 2 is 2.29 bits per heavy atom. The van der Waals surface area contributed by atoms with E-state index in [9.17, 15) is 0 Å². The lowest BCUT2D eigenvalue weighted by molar-refractivity contribution is 0.262. The molecule has 3 N–H and O–H groups in total.